The molecule has 1 fully saturated rings. The van der Waals surface area contributed by atoms with Gasteiger partial charge >= 0.3 is 0 Å². The van der Waals surface area contributed by atoms with Crippen LogP contribution in [0.15, 0.2) is 73.1 Å². The van der Waals surface area contributed by atoms with Crippen molar-refractivity contribution in [3.63, 3.8) is 0 Å². The molecule has 4 rings (SSSR count). The van der Waals surface area contributed by atoms with Crippen molar-refractivity contribution in [2.75, 3.05) is 0 Å². The Morgan fingerprint density at radius 2 is 1.52 bits per heavy atom. The van der Waals surface area contributed by atoms with Crippen molar-refractivity contribution in [1.82, 2.24) is 9.55 Å². The third-order valence-corrected chi connectivity index (χ3v) is 6.58. The van der Waals surface area contributed by atoms with Crippen molar-refractivity contribution in [1.29, 1.82) is 0 Å². The van der Waals surface area contributed by atoms with Crippen LogP contribution >= 0.6 is 0 Å². The molecule has 2 nitrogen and oxygen atoms in total. The van der Waals surface area contributed by atoms with Gasteiger partial charge in [-0.15, -0.1) is 0 Å². The van der Waals surface area contributed by atoms with Gasteiger partial charge in [-0.2, -0.15) is 0 Å². The highest BCUT2D eigenvalue weighted by Gasteiger charge is 2.42. The minimum absolute atomic E-state index is 0.0375. The SMILES string of the molecule is CC(C)c1nccn1[C@H]1CCC(C(C)(c2ccccc2)c2ccccc2)C1. The summed E-state index contributed by atoms with van der Waals surface area (Å²) in [6, 6.07) is 22.7. The third kappa shape index (κ3) is 3.22. The highest BCUT2D eigenvalue weighted by atomic mass is 15.1. The van der Waals surface area contributed by atoms with Gasteiger partial charge in [-0.3, -0.25) is 0 Å². The van der Waals surface area contributed by atoms with Crippen molar-refractivity contribution in [3.8, 4) is 0 Å². The van der Waals surface area contributed by atoms with E-state index < -0.39 is 0 Å². The second-order valence-electron chi connectivity index (χ2n) is 8.45. The van der Waals surface area contributed by atoms with Gasteiger partial charge in [0.25, 0.3) is 0 Å². The largest absolute Gasteiger partial charge is 0.332 e. The molecule has 0 spiro atoms. The molecule has 1 aliphatic rings. The molecule has 2 heteroatoms. The smallest absolute Gasteiger partial charge is 0.111 e. The minimum atomic E-state index is 0.0375. The van der Waals surface area contributed by atoms with E-state index in [0.717, 1.165) is 0 Å². The summed E-state index contributed by atoms with van der Waals surface area (Å²) in [5.41, 5.74) is 2.89. The maximum absolute atomic E-state index is 4.63. The first kappa shape index (κ1) is 18.0. The summed E-state index contributed by atoms with van der Waals surface area (Å²) in [5, 5.41) is 0. The van der Waals surface area contributed by atoms with Gasteiger partial charge in [0.15, 0.2) is 0 Å². The van der Waals surface area contributed by atoms with Gasteiger partial charge in [0, 0.05) is 29.8 Å². The molecule has 1 aromatic heterocycles. The van der Waals surface area contributed by atoms with Crippen LogP contribution in [-0.4, -0.2) is 9.55 Å². The van der Waals surface area contributed by atoms with Gasteiger partial charge in [0.05, 0.1) is 0 Å². The fourth-order valence-electron chi connectivity index (χ4n) is 5.02. The second kappa shape index (κ2) is 7.34. The highest BCUT2D eigenvalue weighted by Crippen LogP contribution is 2.49. The Bertz CT molecular complexity index is 824. The Morgan fingerprint density at radius 1 is 0.926 bits per heavy atom. The van der Waals surface area contributed by atoms with Crippen molar-refractivity contribution in [2.24, 2.45) is 5.92 Å². The Balaban J connectivity index is 1.69. The molecule has 3 aromatic rings. The number of imidazole rings is 1. The summed E-state index contributed by atoms with van der Waals surface area (Å²) in [7, 11) is 0. The van der Waals surface area contributed by atoms with Gasteiger partial charge in [-0.05, 0) is 36.3 Å². The number of aromatic nitrogens is 2. The van der Waals surface area contributed by atoms with Crippen LogP contribution in [0.5, 0.6) is 0 Å². The fraction of sp³-hybridized carbons (Fsp3) is 0.400. The first-order chi connectivity index (χ1) is 13.1. The molecule has 27 heavy (non-hydrogen) atoms. The van der Waals surface area contributed by atoms with E-state index in [0.29, 0.717) is 17.9 Å². The fourth-order valence-corrected chi connectivity index (χ4v) is 5.02. The Kier molecular flexibility index (Phi) is 4.90. The predicted octanol–water partition coefficient (Wildman–Crippen LogP) is 6.35. The normalized spacial score (nSPS) is 20.3. The first-order valence-corrected chi connectivity index (χ1v) is 10.2. The van der Waals surface area contributed by atoms with E-state index in [9.17, 15) is 0 Å². The molecule has 1 unspecified atom stereocenters. The van der Waals surface area contributed by atoms with Gasteiger partial charge in [0.2, 0.25) is 0 Å². The lowest BCUT2D eigenvalue weighted by Gasteiger charge is -2.37. The molecule has 1 saturated carbocycles. The predicted molar refractivity (Wildman–Crippen MR) is 112 cm³/mol. The maximum atomic E-state index is 4.63. The van der Waals surface area contributed by atoms with Crippen LogP contribution in [0.2, 0.25) is 0 Å². The van der Waals surface area contributed by atoms with Crippen molar-refractivity contribution >= 4 is 0 Å². The van der Waals surface area contributed by atoms with Crippen LogP contribution in [0.4, 0.5) is 0 Å². The molecular formula is C25H30N2. The third-order valence-electron chi connectivity index (χ3n) is 6.58. The summed E-state index contributed by atoms with van der Waals surface area (Å²) in [6.07, 6.45) is 7.84. The summed E-state index contributed by atoms with van der Waals surface area (Å²) >= 11 is 0. The van der Waals surface area contributed by atoms with E-state index >= 15 is 0 Å². The molecule has 2 aromatic carbocycles. The molecule has 0 aliphatic heterocycles. The Morgan fingerprint density at radius 3 is 2.07 bits per heavy atom. The van der Waals surface area contributed by atoms with Crippen molar-refractivity contribution in [2.45, 2.75) is 57.4 Å². The quantitative estimate of drug-likeness (QED) is 0.519. The summed E-state index contributed by atoms with van der Waals surface area (Å²) < 4.78 is 2.45. The lowest BCUT2D eigenvalue weighted by Crippen LogP contribution is -2.32. The number of rotatable bonds is 5. The van der Waals surface area contributed by atoms with E-state index in [1.54, 1.807) is 0 Å². The Labute approximate surface area is 163 Å². The average molecular weight is 359 g/mol. The number of hydrogen-bond donors (Lipinski definition) is 0. The molecular weight excluding hydrogens is 328 g/mol. The number of hydrogen-bond acceptors (Lipinski definition) is 1. The van der Waals surface area contributed by atoms with E-state index in [1.165, 1.54) is 36.2 Å². The highest BCUT2D eigenvalue weighted by molar-refractivity contribution is 5.39. The van der Waals surface area contributed by atoms with Crippen LogP contribution in [0, 0.1) is 5.92 Å². The molecule has 1 aliphatic carbocycles. The van der Waals surface area contributed by atoms with Gasteiger partial charge < -0.3 is 4.57 Å². The molecule has 0 N–H and O–H groups in total. The van der Waals surface area contributed by atoms with Crippen molar-refractivity contribution in [3.05, 3.63) is 90.0 Å². The molecule has 0 saturated heterocycles. The van der Waals surface area contributed by atoms with Crippen molar-refractivity contribution < 1.29 is 0 Å². The van der Waals surface area contributed by atoms with Crippen LogP contribution < -0.4 is 0 Å². The molecule has 0 amide bonds. The molecule has 2 atom stereocenters. The lowest BCUT2D eigenvalue weighted by atomic mass is 9.66. The van der Waals surface area contributed by atoms with E-state index in [2.05, 4.69) is 97.2 Å². The zero-order valence-electron chi connectivity index (χ0n) is 16.7. The zero-order valence-corrected chi connectivity index (χ0v) is 16.7. The molecule has 0 radical (unpaired) electrons. The molecule has 1 heterocycles. The van der Waals surface area contributed by atoms with E-state index in [-0.39, 0.29) is 5.41 Å². The van der Waals surface area contributed by atoms with Crippen LogP contribution in [-0.2, 0) is 5.41 Å². The maximum Gasteiger partial charge on any atom is 0.111 e. The molecule has 0 bridgehead atoms. The second-order valence-corrected chi connectivity index (χ2v) is 8.45. The number of nitrogens with zero attached hydrogens (tertiary/aromatic N) is 2. The summed E-state index contributed by atoms with van der Waals surface area (Å²) in [6.45, 7) is 6.93. The van der Waals surface area contributed by atoms with Gasteiger partial charge in [0.1, 0.15) is 5.82 Å². The van der Waals surface area contributed by atoms with Crippen LogP contribution in [0.3, 0.4) is 0 Å². The standard InChI is InChI=1S/C25H30N2/c1-19(2)24-26-16-17-27(24)23-15-14-22(18-23)25(3,20-10-6-4-7-11-20)21-12-8-5-9-13-21/h4-13,16-17,19,22-23H,14-15,18H2,1-3H3/t22?,23-/m0/s1. The summed E-state index contributed by atoms with van der Waals surface area (Å²) in [4.78, 5) is 4.63. The minimum Gasteiger partial charge on any atom is -0.332 e. The number of benzene rings is 2. The topological polar surface area (TPSA) is 17.8 Å². The lowest BCUT2D eigenvalue weighted by molar-refractivity contribution is 0.337. The van der Waals surface area contributed by atoms with E-state index in [1.807, 2.05) is 6.20 Å². The average Bonchev–Trinajstić information content (AvgIpc) is 3.38. The zero-order chi connectivity index (χ0) is 18.9. The Hall–Kier alpha value is -2.35. The van der Waals surface area contributed by atoms with Gasteiger partial charge in [-0.25, -0.2) is 4.98 Å². The summed E-state index contributed by atoms with van der Waals surface area (Å²) in [5.74, 6) is 2.31. The monoisotopic (exact) mass is 358 g/mol. The van der Waals surface area contributed by atoms with Crippen LogP contribution in [0.25, 0.3) is 0 Å². The van der Waals surface area contributed by atoms with E-state index in [4.69, 9.17) is 0 Å². The van der Waals surface area contributed by atoms with Crippen LogP contribution in [0.1, 0.15) is 68.9 Å². The molecule has 140 valence electrons. The first-order valence-electron chi connectivity index (χ1n) is 10.2. The van der Waals surface area contributed by atoms with Gasteiger partial charge in [-0.1, -0.05) is 81.4 Å².